The Morgan fingerprint density at radius 1 is 1.09 bits per heavy atom. The van der Waals surface area contributed by atoms with Crippen molar-refractivity contribution in [2.45, 2.75) is 31.4 Å². The van der Waals surface area contributed by atoms with E-state index in [9.17, 15) is 0 Å². The van der Waals surface area contributed by atoms with Gasteiger partial charge in [0.2, 0.25) is 11.5 Å². The van der Waals surface area contributed by atoms with Crippen molar-refractivity contribution >= 4 is 22.5 Å². The number of hydrogen-bond donors (Lipinski definition) is 1. The van der Waals surface area contributed by atoms with Gasteiger partial charge in [0.25, 0.3) is 0 Å². The minimum atomic E-state index is -0.745. The lowest BCUT2D eigenvalue weighted by Gasteiger charge is -2.10. The summed E-state index contributed by atoms with van der Waals surface area (Å²) in [6.07, 6.45) is 8.24. The SMILES string of the molecule is ClC(Oc1ccc(CCCCn2ccnn2)cc1)c1coc(-c2cc3ccccc3[nH]2)n1. The number of fused-ring (bicyclic) bond motifs is 1. The van der Waals surface area contributed by atoms with Gasteiger partial charge in [0.15, 0.2) is 0 Å². The lowest BCUT2D eigenvalue weighted by Crippen LogP contribution is -2.01. The minimum absolute atomic E-state index is 0.478. The molecule has 8 heteroatoms. The maximum absolute atomic E-state index is 6.44. The molecule has 0 aliphatic rings. The molecule has 0 spiro atoms. The van der Waals surface area contributed by atoms with Crippen LogP contribution >= 0.6 is 11.6 Å². The highest BCUT2D eigenvalue weighted by molar-refractivity contribution is 6.19. The third-order valence-corrected chi connectivity index (χ3v) is 5.57. The monoisotopic (exact) mass is 447 g/mol. The molecule has 0 saturated carbocycles. The van der Waals surface area contributed by atoms with Gasteiger partial charge in [-0.25, -0.2) is 4.98 Å². The molecule has 2 aromatic carbocycles. The van der Waals surface area contributed by atoms with Crippen LogP contribution in [0.3, 0.4) is 0 Å². The molecule has 0 bridgehead atoms. The predicted molar refractivity (Wildman–Crippen MR) is 122 cm³/mol. The van der Waals surface area contributed by atoms with Crippen molar-refractivity contribution in [2.24, 2.45) is 0 Å². The fourth-order valence-electron chi connectivity index (χ4n) is 3.57. The van der Waals surface area contributed by atoms with Gasteiger partial charge in [-0.15, -0.1) is 5.10 Å². The third kappa shape index (κ3) is 4.68. The summed E-state index contributed by atoms with van der Waals surface area (Å²) in [6.45, 7) is 0.882. The van der Waals surface area contributed by atoms with Crippen LogP contribution in [0.25, 0.3) is 22.5 Å². The van der Waals surface area contributed by atoms with Crippen molar-refractivity contribution in [3.63, 3.8) is 0 Å². The van der Waals surface area contributed by atoms with Gasteiger partial charge >= 0.3 is 0 Å². The molecule has 162 valence electrons. The maximum Gasteiger partial charge on any atom is 0.243 e. The zero-order valence-electron chi connectivity index (χ0n) is 17.3. The second kappa shape index (κ2) is 9.28. The number of alkyl halides is 1. The first-order valence-corrected chi connectivity index (χ1v) is 11.0. The van der Waals surface area contributed by atoms with Gasteiger partial charge in [0.05, 0.1) is 6.20 Å². The highest BCUT2D eigenvalue weighted by Gasteiger charge is 2.17. The molecular weight excluding hydrogens is 426 g/mol. The fourth-order valence-corrected chi connectivity index (χ4v) is 3.78. The van der Waals surface area contributed by atoms with E-state index in [1.807, 2.05) is 53.3 Å². The Labute approximate surface area is 190 Å². The van der Waals surface area contributed by atoms with Crippen LogP contribution in [0.4, 0.5) is 0 Å². The molecule has 0 radical (unpaired) electrons. The van der Waals surface area contributed by atoms with Gasteiger partial charge in [0, 0.05) is 23.6 Å². The summed E-state index contributed by atoms with van der Waals surface area (Å²) in [4.78, 5) is 7.79. The molecule has 0 fully saturated rings. The quantitative estimate of drug-likeness (QED) is 0.229. The molecule has 0 aliphatic carbocycles. The van der Waals surface area contributed by atoms with Crippen molar-refractivity contribution in [1.82, 2.24) is 25.0 Å². The van der Waals surface area contributed by atoms with Crippen molar-refractivity contribution in [2.75, 3.05) is 0 Å². The molecular formula is C24H22ClN5O2. The zero-order chi connectivity index (χ0) is 21.8. The van der Waals surface area contributed by atoms with Crippen LogP contribution in [0, 0.1) is 0 Å². The Morgan fingerprint density at radius 2 is 1.97 bits per heavy atom. The first-order valence-electron chi connectivity index (χ1n) is 10.5. The fraction of sp³-hybridized carbons (Fsp3) is 0.208. The van der Waals surface area contributed by atoms with Gasteiger partial charge < -0.3 is 14.1 Å². The molecule has 0 amide bonds. The number of hydrogen-bond acceptors (Lipinski definition) is 5. The smallest absolute Gasteiger partial charge is 0.243 e. The molecule has 5 aromatic rings. The average molecular weight is 448 g/mol. The lowest BCUT2D eigenvalue weighted by molar-refractivity contribution is 0.283. The number of aromatic nitrogens is 5. The number of aromatic amines is 1. The normalized spacial score (nSPS) is 12.3. The first-order chi connectivity index (χ1) is 15.7. The molecule has 1 atom stereocenters. The lowest BCUT2D eigenvalue weighted by atomic mass is 10.1. The topological polar surface area (TPSA) is 81.8 Å². The summed E-state index contributed by atoms with van der Waals surface area (Å²) in [6, 6.07) is 18.0. The summed E-state index contributed by atoms with van der Waals surface area (Å²) in [5.41, 5.74) is 2.86. The number of oxazole rings is 1. The van der Waals surface area contributed by atoms with Gasteiger partial charge in [-0.05, 0) is 49.1 Å². The van der Waals surface area contributed by atoms with Crippen LogP contribution in [0.2, 0.25) is 0 Å². The second-order valence-corrected chi connectivity index (χ2v) is 7.95. The molecule has 3 aromatic heterocycles. The molecule has 1 N–H and O–H groups in total. The summed E-state index contributed by atoms with van der Waals surface area (Å²) in [7, 11) is 0. The summed E-state index contributed by atoms with van der Waals surface area (Å²) >= 11 is 6.44. The summed E-state index contributed by atoms with van der Waals surface area (Å²) in [5.74, 6) is 1.17. The van der Waals surface area contributed by atoms with Crippen molar-refractivity contribution in [3.8, 4) is 17.3 Å². The Balaban J connectivity index is 1.15. The third-order valence-electron chi connectivity index (χ3n) is 5.25. The Hall–Kier alpha value is -3.58. The van der Waals surface area contributed by atoms with Gasteiger partial charge in [-0.2, -0.15) is 0 Å². The van der Waals surface area contributed by atoms with E-state index in [0.29, 0.717) is 17.3 Å². The number of nitrogens with one attached hydrogen (secondary N) is 1. The highest BCUT2D eigenvalue weighted by atomic mass is 35.5. The number of rotatable bonds is 9. The van der Waals surface area contributed by atoms with E-state index in [1.165, 1.54) is 11.8 Å². The van der Waals surface area contributed by atoms with Crippen molar-refractivity contribution < 1.29 is 9.15 Å². The van der Waals surface area contributed by atoms with E-state index >= 15 is 0 Å². The molecule has 0 aliphatic heterocycles. The van der Waals surface area contributed by atoms with Crippen LogP contribution in [0.5, 0.6) is 5.75 Å². The largest absolute Gasteiger partial charge is 0.469 e. The first kappa shape index (κ1) is 20.3. The molecule has 1 unspecified atom stereocenters. The standard InChI is InChI=1S/C24H22ClN5O2/c25-23(22-16-31-24(28-22)21-15-18-6-1-2-7-20(18)27-21)32-19-10-8-17(9-11-19)5-3-4-13-30-14-12-26-29-30/h1-2,6-12,14-16,23,27H,3-5,13H2. The molecule has 5 rings (SSSR count). The number of ether oxygens (including phenoxy) is 1. The van der Waals surface area contributed by atoms with Crippen LogP contribution in [0.1, 0.15) is 29.7 Å². The van der Waals surface area contributed by atoms with E-state index in [2.05, 4.69) is 32.4 Å². The van der Waals surface area contributed by atoms with Crippen LogP contribution in [-0.4, -0.2) is 25.0 Å². The Morgan fingerprint density at radius 3 is 2.78 bits per heavy atom. The number of benzene rings is 2. The van der Waals surface area contributed by atoms with Gasteiger partial charge in [0.1, 0.15) is 23.4 Å². The van der Waals surface area contributed by atoms with E-state index in [4.69, 9.17) is 20.8 Å². The molecule has 0 saturated heterocycles. The van der Waals surface area contributed by atoms with E-state index in [0.717, 1.165) is 42.4 Å². The highest BCUT2D eigenvalue weighted by Crippen LogP contribution is 2.29. The van der Waals surface area contributed by atoms with Crippen LogP contribution in [-0.2, 0) is 13.0 Å². The van der Waals surface area contributed by atoms with Crippen molar-refractivity contribution in [3.05, 3.63) is 84.5 Å². The molecule has 32 heavy (non-hydrogen) atoms. The minimum Gasteiger partial charge on any atom is -0.469 e. The number of aryl methyl sites for hydroxylation is 2. The molecule has 3 heterocycles. The summed E-state index contributed by atoms with van der Waals surface area (Å²) < 4.78 is 13.3. The van der Waals surface area contributed by atoms with Gasteiger partial charge in [-0.1, -0.05) is 47.1 Å². The Kier molecular flexibility index (Phi) is 5.89. The zero-order valence-corrected chi connectivity index (χ0v) is 18.1. The second-order valence-electron chi connectivity index (χ2n) is 7.55. The van der Waals surface area contributed by atoms with Crippen molar-refractivity contribution in [1.29, 1.82) is 0 Å². The number of halogens is 1. The number of nitrogens with zero attached hydrogens (tertiary/aromatic N) is 4. The van der Waals surface area contributed by atoms with Crippen LogP contribution < -0.4 is 4.74 Å². The number of para-hydroxylation sites is 1. The maximum atomic E-state index is 6.44. The van der Waals surface area contributed by atoms with Gasteiger partial charge in [-0.3, -0.25) is 4.68 Å². The van der Waals surface area contributed by atoms with Crippen LogP contribution in [0.15, 0.2) is 77.7 Å². The number of unbranched alkanes of at least 4 members (excludes halogenated alkanes) is 1. The summed E-state index contributed by atoms with van der Waals surface area (Å²) in [5, 5.41) is 8.89. The molecule has 7 nitrogen and oxygen atoms in total. The average Bonchev–Trinajstić information content (AvgIpc) is 3.58. The Bertz CT molecular complexity index is 1240. The predicted octanol–water partition coefficient (Wildman–Crippen LogP) is 5.75. The van der Waals surface area contributed by atoms with E-state index < -0.39 is 5.56 Å². The van der Waals surface area contributed by atoms with E-state index in [-0.39, 0.29) is 0 Å². The number of H-pyrrole nitrogens is 1. The van der Waals surface area contributed by atoms with E-state index in [1.54, 1.807) is 6.20 Å².